The summed E-state index contributed by atoms with van der Waals surface area (Å²) in [6.07, 6.45) is 2.00. The molecule has 3 heteroatoms. The number of benzene rings is 1. The van der Waals surface area contributed by atoms with Crippen LogP contribution in [-0.2, 0) is 7.05 Å². The average Bonchev–Trinajstić information content (AvgIpc) is 2.48. The van der Waals surface area contributed by atoms with E-state index in [4.69, 9.17) is 0 Å². The third-order valence-electron chi connectivity index (χ3n) is 2.98. The minimum atomic E-state index is -0.176. The predicted molar refractivity (Wildman–Crippen MR) is 61.1 cm³/mol. The van der Waals surface area contributed by atoms with Crippen molar-refractivity contribution in [1.82, 2.24) is 4.68 Å². The Balaban J connectivity index is 2.69. The fraction of sp³-hybridized carbons (Fsp3) is 0.308. The van der Waals surface area contributed by atoms with Crippen molar-refractivity contribution in [3.05, 3.63) is 47.0 Å². The first-order valence-corrected chi connectivity index (χ1v) is 5.32. The summed E-state index contributed by atoms with van der Waals surface area (Å²) in [6.45, 7) is 5.91. The maximum Gasteiger partial charge on any atom is 0.241 e. The molecule has 1 aromatic heterocycles. The van der Waals surface area contributed by atoms with Gasteiger partial charge in [0.2, 0.25) is 11.9 Å². The monoisotopic (exact) mass is 219 g/mol. The number of nitrogens with zero attached hydrogens (tertiary/aromatic N) is 2. The number of aryl methyl sites for hydroxylation is 3. The lowest BCUT2D eigenvalue weighted by Gasteiger charge is -2.05. The molecule has 0 saturated heterocycles. The molecule has 84 valence electrons. The zero-order chi connectivity index (χ0) is 11.9. The minimum Gasteiger partial charge on any atom is -0.207 e. The molecule has 0 fully saturated rings. The molecule has 0 radical (unpaired) electrons. The van der Waals surface area contributed by atoms with Crippen LogP contribution in [0.5, 0.6) is 0 Å². The molecule has 0 bridgehead atoms. The lowest BCUT2D eigenvalue weighted by atomic mass is 10.1. The Kier molecular flexibility index (Phi) is 2.54. The summed E-state index contributed by atoms with van der Waals surface area (Å²) < 4.78 is 17.3. The fourth-order valence-corrected chi connectivity index (χ4v) is 2.05. The molecular weight excluding hydrogens is 203 g/mol. The van der Waals surface area contributed by atoms with E-state index >= 15 is 0 Å². The molecule has 0 spiro atoms. The highest BCUT2D eigenvalue weighted by Gasteiger charge is 2.18. The molecule has 0 unspecified atom stereocenters. The second-order valence-electron chi connectivity index (χ2n) is 4.21. The van der Waals surface area contributed by atoms with Crippen molar-refractivity contribution in [1.29, 1.82) is 0 Å². The van der Waals surface area contributed by atoms with Gasteiger partial charge in [0.15, 0.2) is 0 Å². The van der Waals surface area contributed by atoms with Gasteiger partial charge in [-0.05, 0) is 32.9 Å². The van der Waals surface area contributed by atoms with Crippen LogP contribution in [0.1, 0.15) is 16.8 Å². The summed E-state index contributed by atoms with van der Waals surface area (Å²) in [5, 5.41) is 0. The fourth-order valence-electron chi connectivity index (χ4n) is 2.05. The summed E-state index contributed by atoms with van der Waals surface area (Å²) in [5.74, 6) is -0.176. The molecule has 0 N–H and O–H groups in total. The molecule has 0 aliphatic rings. The van der Waals surface area contributed by atoms with Gasteiger partial charge in [0.25, 0.3) is 0 Å². The van der Waals surface area contributed by atoms with Crippen LogP contribution in [0.25, 0.3) is 5.69 Å². The number of hydrogen-bond acceptors (Lipinski definition) is 0. The number of halogens is 1. The van der Waals surface area contributed by atoms with Crippen LogP contribution in [0.3, 0.4) is 0 Å². The van der Waals surface area contributed by atoms with Crippen LogP contribution in [0.4, 0.5) is 4.39 Å². The lowest BCUT2D eigenvalue weighted by molar-refractivity contribution is -0.683. The number of aromatic nitrogens is 2. The van der Waals surface area contributed by atoms with Gasteiger partial charge < -0.3 is 0 Å². The van der Waals surface area contributed by atoms with Crippen LogP contribution < -0.4 is 4.68 Å². The maximum absolute atomic E-state index is 13.2. The first-order chi connectivity index (χ1) is 7.50. The van der Waals surface area contributed by atoms with Crippen molar-refractivity contribution in [3.63, 3.8) is 0 Å². The van der Waals surface area contributed by atoms with Gasteiger partial charge in [-0.3, -0.25) is 0 Å². The normalized spacial score (nSPS) is 10.8. The first kappa shape index (κ1) is 10.9. The van der Waals surface area contributed by atoms with Crippen molar-refractivity contribution in [2.45, 2.75) is 20.8 Å². The molecule has 2 nitrogen and oxygen atoms in total. The first-order valence-electron chi connectivity index (χ1n) is 5.32. The van der Waals surface area contributed by atoms with Gasteiger partial charge in [0.05, 0.1) is 12.7 Å². The SMILES string of the molecule is Cc1cc(F)cc(C)c1-[n+]1ccc(C)n1C. The highest BCUT2D eigenvalue weighted by Crippen LogP contribution is 2.15. The molecule has 2 rings (SSSR count). The molecule has 1 aromatic carbocycles. The van der Waals surface area contributed by atoms with E-state index in [1.165, 1.54) is 5.69 Å². The third-order valence-corrected chi connectivity index (χ3v) is 2.98. The Labute approximate surface area is 94.9 Å². The van der Waals surface area contributed by atoms with E-state index in [0.29, 0.717) is 0 Å². The molecule has 16 heavy (non-hydrogen) atoms. The molecule has 0 atom stereocenters. The van der Waals surface area contributed by atoms with Crippen molar-refractivity contribution in [2.75, 3.05) is 0 Å². The zero-order valence-electron chi connectivity index (χ0n) is 10.1. The summed E-state index contributed by atoms with van der Waals surface area (Å²) in [4.78, 5) is 0. The Morgan fingerprint density at radius 2 is 1.69 bits per heavy atom. The standard InChI is InChI=1S/C13H16FN2/c1-9-7-12(14)8-10(2)13(9)16-6-5-11(3)15(16)4/h5-8H,1-4H3/q+1. The maximum atomic E-state index is 13.2. The Bertz CT molecular complexity index is 518. The van der Waals surface area contributed by atoms with Crippen LogP contribution >= 0.6 is 0 Å². The molecule has 2 aromatic rings. The number of rotatable bonds is 1. The quantitative estimate of drug-likeness (QED) is 0.651. The van der Waals surface area contributed by atoms with Crippen LogP contribution in [-0.4, -0.2) is 4.68 Å². The van der Waals surface area contributed by atoms with Gasteiger partial charge in [-0.15, -0.1) is 0 Å². The molecule has 0 aliphatic carbocycles. The summed E-state index contributed by atoms with van der Waals surface area (Å²) >= 11 is 0. The highest BCUT2D eigenvalue weighted by atomic mass is 19.1. The summed E-state index contributed by atoms with van der Waals surface area (Å²) in [6, 6.07) is 5.18. The molecule has 0 saturated carbocycles. The van der Waals surface area contributed by atoms with Crippen molar-refractivity contribution < 1.29 is 9.07 Å². The van der Waals surface area contributed by atoms with Crippen LogP contribution in [0.2, 0.25) is 0 Å². The smallest absolute Gasteiger partial charge is 0.207 e. The average molecular weight is 219 g/mol. The van der Waals surface area contributed by atoms with E-state index in [-0.39, 0.29) is 5.82 Å². The predicted octanol–water partition coefficient (Wildman–Crippen LogP) is 2.37. The van der Waals surface area contributed by atoms with Gasteiger partial charge in [-0.25, -0.2) is 4.39 Å². The van der Waals surface area contributed by atoms with Gasteiger partial charge in [0.1, 0.15) is 5.82 Å². The molecule has 1 heterocycles. The second kappa shape index (κ2) is 3.74. The van der Waals surface area contributed by atoms with E-state index in [9.17, 15) is 4.39 Å². The van der Waals surface area contributed by atoms with Gasteiger partial charge in [-0.2, -0.15) is 4.68 Å². The summed E-state index contributed by atoms with van der Waals surface area (Å²) in [7, 11) is 2.00. The van der Waals surface area contributed by atoms with E-state index in [1.807, 2.05) is 49.4 Å². The topological polar surface area (TPSA) is 8.81 Å². The van der Waals surface area contributed by atoms with E-state index in [1.54, 1.807) is 12.1 Å². The second-order valence-corrected chi connectivity index (χ2v) is 4.21. The van der Waals surface area contributed by atoms with E-state index in [0.717, 1.165) is 16.8 Å². The lowest BCUT2D eigenvalue weighted by Crippen LogP contribution is -2.40. The largest absolute Gasteiger partial charge is 0.241 e. The highest BCUT2D eigenvalue weighted by molar-refractivity contribution is 5.40. The Hall–Kier alpha value is -1.64. The Morgan fingerprint density at radius 1 is 1.12 bits per heavy atom. The molecule has 0 aliphatic heterocycles. The summed E-state index contributed by atoms with van der Waals surface area (Å²) in [5.41, 5.74) is 4.12. The van der Waals surface area contributed by atoms with E-state index < -0.39 is 0 Å². The van der Waals surface area contributed by atoms with Gasteiger partial charge in [0, 0.05) is 17.2 Å². The zero-order valence-corrected chi connectivity index (χ0v) is 10.1. The van der Waals surface area contributed by atoms with Crippen molar-refractivity contribution in [3.8, 4) is 5.69 Å². The molecular formula is C13H16FN2+. The van der Waals surface area contributed by atoms with Crippen LogP contribution in [0.15, 0.2) is 24.4 Å². The number of hydrogen-bond donors (Lipinski definition) is 0. The third kappa shape index (κ3) is 1.62. The Morgan fingerprint density at radius 3 is 2.12 bits per heavy atom. The van der Waals surface area contributed by atoms with Gasteiger partial charge in [-0.1, -0.05) is 4.68 Å². The van der Waals surface area contributed by atoms with Crippen molar-refractivity contribution in [2.24, 2.45) is 7.05 Å². The van der Waals surface area contributed by atoms with Gasteiger partial charge >= 0.3 is 0 Å². The van der Waals surface area contributed by atoms with E-state index in [2.05, 4.69) is 0 Å². The van der Waals surface area contributed by atoms with Crippen molar-refractivity contribution >= 4 is 0 Å². The molecule has 0 amide bonds. The minimum absolute atomic E-state index is 0.176. The van der Waals surface area contributed by atoms with Crippen LogP contribution in [0, 0.1) is 26.6 Å².